The topological polar surface area (TPSA) is 60.0 Å². The van der Waals surface area contributed by atoms with Crippen LogP contribution in [0, 0.1) is 5.82 Å². The molecule has 2 N–H and O–H groups in total. The lowest BCUT2D eigenvalue weighted by molar-refractivity contribution is 0.287. The van der Waals surface area contributed by atoms with Crippen LogP contribution in [0.1, 0.15) is 25.6 Å². The zero-order valence-electron chi connectivity index (χ0n) is 14.0. The van der Waals surface area contributed by atoms with Crippen molar-refractivity contribution in [1.82, 2.24) is 19.7 Å². The van der Waals surface area contributed by atoms with Crippen LogP contribution in [0.25, 0.3) is 5.69 Å². The molecule has 1 aliphatic heterocycles. The Morgan fingerprint density at radius 1 is 1.29 bits per heavy atom. The maximum absolute atomic E-state index is 13.2. The molecule has 3 rings (SSSR count). The fourth-order valence-corrected chi connectivity index (χ4v) is 4.36. The van der Waals surface area contributed by atoms with Gasteiger partial charge in [0.15, 0.2) is 5.16 Å². The van der Waals surface area contributed by atoms with Gasteiger partial charge in [-0.25, -0.2) is 4.39 Å². The molecule has 1 atom stereocenters. The highest BCUT2D eigenvalue weighted by atomic mass is 32.2. The van der Waals surface area contributed by atoms with Crippen LogP contribution >= 0.6 is 11.8 Å². The number of hydrogen-bond donors (Lipinski definition) is 1. The zero-order valence-corrected chi connectivity index (χ0v) is 14.8. The smallest absolute Gasteiger partial charge is 0.195 e. The Bertz CT molecular complexity index is 658. The average Bonchev–Trinajstić information content (AvgIpc) is 3.20. The molecule has 1 aromatic carbocycles. The van der Waals surface area contributed by atoms with Gasteiger partial charge in [-0.15, -0.1) is 10.2 Å². The summed E-state index contributed by atoms with van der Waals surface area (Å²) in [6.07, 6.45) is 3.15. The summed E-state index contributed by atoms with van der Waals surface area (Å²) in [5.41, 5.74) is 6.58. The first-order valence-electron chi connectivity index (χ1n) is 8.50. The maximum Gasteiger partial charge on any atom is 0.195 e. The Balaban J connectivity index is 1.81. The summed E-state index contributed by atoms with van der Waals surface area (Å²) in [5, 5.41) is 9.50. The maximum atomic E-state index is 13.2. The first-order valence-corrected chi connectivity index (χ1v) is 9.48. The molecule has 0 radical (unpaired) electrons. The lowest BCUT2D eigenvalue weighted by atomic mass is 10.2. The van der Waals surface area contributed by atoms with Crippen LogP contribution in [0.15, 0.2) is 29.4 Å². The molecule has 130 valence electrons. The molecule has 1 aliphatic rings. The number of thioether (sulfide) groups is 1. The third kappa shape index (κ3) is 3.79. The van der Waals surface area contributed by atoms with Crippen LogP contribution in [-0.2, 0) is 6.42 Å². The summed E-state index contributed by atoms with van der Waals surface area (Å²) >= 11 is 1.72. The van der Waals surface area contributed by atoms with E-state index in [1.54, 1.807) is 23.9 Å². The van der Waals surface area contributed by atoms with Crippen molar-refractivity contribution in [2.45, 2.75) is 37.4 Å². The summed E-state index contributed by atoms with van der Waals surface area (Å²) in [5.74, 6) is 1.58. The van der Waals surface area contributed by atoms with E-state index in [1.807, 2.05) is 4.57 Å². The first-order chi connectivity index (χ1) is 11.7. The van der Waals surface area contributed by atoms with Crippen molar-refractivity contribution < 1.29 is 4.39 Å². The number of aromatic nitrogens is 3. The van der Waals surface area contributed by atoms with Crippen molar-refractivity contribution in [3.05, 3.63) is 35.9 Å². The fraction of sp³-hybridized carbons (Fsp3) is 0.529. The Labute approximate surface area is 146 Å². The van der Waals surface area contributed by atoms with E-state index in [4.69, 9.17) is 5.73 Å². The number of benzene rings is 1. The summed E-state index contributed by atoms with van der Waals surface area (Å²) in [6, 6.07) is 7.04. The first kappa shape index (κ1) is 17.4. The van der Waals surface area contributed by atoms with E-state index in [0.717, 1.165) is 29.0 Å². The van der Waals surface area contributed by atoms with Gasteiger partial charge >= 0.3 is 0 Å². The SMILES string of the molecule is CCN1CCC[C@H]1CSc1nnc(CCN)n1-c1ccc(F)cc1. The average molecular weight is 349 g/mol. The largest absolute Gasteiger partial charge is 0.330 e. The van der Waals surface area contributed by atoms with Gasteiger partial charge in [-0.3, -0.25) is 9.47 Å². The molecule has 2 heterocycles. The highest BCUT2D eigenvalue weighted by molar-refractivity contribution is 7.99. The third-order valence-electron chi connectivity index (χ3n) is 4.46. The second kappa shape index (κ2) is 8.09. The standard InChI is InChI=1S/C17H24FN5S/c1-2-22-11-3-4-15(22)12-24-17-21-20-16(9-10-19)23(17)14-7-5-13(18)6-8-14/h5-8,15H,2-4,9-12,19H2,1H3/t15-/m0/s1. The molecule has 1 fully saturated rings. The van der Waals surface area contributed by atoms with Gasteiger partial charge in [0, 0.05) is 23.9 Å². The molecule has 5 nitrogen and oxygen atoms in total. The number of hydrogen-bond acceptors (Lipinski definition) is 5. The summed E-state index contributed by atoms with van der Waals surface area (Å²) in [6.45, 7) is 5.00. The van der Waals surface area contributed by atoms with E-state index >= 15 is 0 Å². The monoisotopic (exact) mass is 349 g/mol. The van der Waals surface area contributed by atoms with Gasteiger partial charge in [0.1, 0.15) is 11.6 Å². The molecule has 0 unspecified atom stereocenters. The van der Waals surface area contributed by atoms with Crippen molar-refractivity contribution >= 4 is 11.8 Å². The van der Waals surface area contributed by atoms with E-state index in [0.29, 0.717) is 19.0 Å². The van der Waals surface area contributed by atoms with Gasteiger partial charge in [-0.2, -0.15) is 0 Å². The highest BCUT2D eigenvalue weighted by Gasteiger charge is 2.24. The van der Waals surface area contributed by atoms with E-state index in [2.05, 4.69) is 22.0 Å². The van der Waals surface area contributed by atoms with Crippen LogP contribution < -0.4 is 5.73 Å². The Kier molecular flexibility index (Phi) is 5.86. The lowest BCUT2D eigenvalue weighted by Crippen LogP contribution is -2.31. The molecule has 2 aromatic rings. The minimum absolute atomic E-state index is 0.244. The van der Waals surface area contributed by atoms with E-state index in [-0.39, 0.29) is 5.82 Å². The quantitative estimate of drug-likeness (QED) is 0.778. The minimum atomic E-state index is -0.244. The molecular formula is C17H24FN5S. The predicted molar refractivity (Wildman–Crippen MR) is 95.1 cm³/mol. The molecule has 0 amide bonds. The van der Waals surface area contributed by atoms with E-state index in [1.165, 1.54) is 31.5 Å². The van der Waals surface area contributed by atoms with Crippen LogP contribution in [0.4, 0.5) is 4.39 Å². The molecular weight excluding hydrogens is 325 g/mol. The number of nitrogens with zero attached hydrogens (tertiary/aromatic N) is 4. The number of rotatable bonds is 7. The third-order valence-corrected chi connectivity index (χ3v) is 5.54. The van der Waals surface area contributed by atoms with Crippen LogP contribution in [0.2, 0.25) is 0 Å². The Hall–Kier alpha value is -1.44. The van der Waals surface area contributed by atoms with Gasteiger partial charge in [-0.05, 0) is 56.7 Å². The molecule has 0 aliphatic carbocycles. The Morgan fingerprint density at radius 2 is 2.08 bits per heavy atom. The molecule has 1 aromatic heterocycles. The number of likely N-dealkylation sites (tertiary alicyclic amines) is 1. The Morgan fingerprint density at radius 3 is 2.79 bits per heavy atom. The second-order valence-electron chi connectivity index (χ2n) is 5.98. The normalized spacial score (nSPS) is 18.4. The van der Waals surface area contributed by atoms with Gasteiger partial charge < -0.3 is 5.73 Å². The van der Waals surface area contributed by atoms with Gasteiger partial charge in [0.2, 0.25) is 0 Å². The van der Waals surface area contributed by atoms with E-state index < -0.39 is 0 Å². The van der Waals surface area contributed by atoms with Gasteiger partial charge in [-0.1, -0.05) is 18.7 Å². The van der Waals surface area contributed by atoms with Crippen molar-refractivity contribution in [3.8, 4) is 5.69 Å². The van der Waals surface area contributed by atoms with Crippen molar-refractivity contribution in [3.63, 3.8) is 0 Å². The van der Waals surface area contributed by atoms with Crippen molar-refractivity contribution in [2.75, 3.05) is 25.4 Å². The van der Waals surface area contributed by atoms with Crippen LogP contribution in [0.3, 0.4) is 0 Å². The minimum Gasteiger partial charge on any atom is -0.330 e. The number of nitrogens with two attached hydrogens (primary N) is 1. The molecule has 0 spiro atoms. The second-order valence-corrected chi connectivity index (χ2v) is 6.97. The van der Waals surface area contributed by atoms with Gasteiger partial charge in [0.25, 0.3) is 0 Å². The molecule has 1 saturated heterocycles. The fourth-order valence-electron chi connectivity index (χ4n) is 3.21. The summed E-state index contributed by atoms with van der Waals surface area (Å²) < 4.78 is 15.2. The summed E-state index contributed by atoms with van der Waals surface area (Å²) in [7, 11) is 0. The van der Waals surface area contributed by atoms with Crippen LogP contribution in [-0.4, -0.2) is 51.1 Å². The van der Waals surface area contributed by atoms with Crippen molar-refractivity contribution in [2.24, 2.45) is 5.73 Å². The van der Waals surface area contributed by atoms with Crippen molar-refractivity contribution in [1.29, 1.82) is 0 Å². The van der Waals surface area contributed by atoms with E-state index in [9.17, 15) is 4.39 Å². The lowest BCUT2D eigenvalue weighted by Gasteiger charge is -2.22. The molecule has 24 heavy (non-hydrogen) atoms. The highest BCUT2D eigenvalue weighted by Crippen LogP contribution is 2.27. The number of halogens is 1. The molecule has 0 saturated carbocycles. The molecule has 0 bridgehead atoms. The molecule has 7 heteroatoms. The summed E-state index contributed by atoms with van der Waals surface area (Å²) in [4.78, 5) is 2.52. The van der Waals surface area contributed by atoms with Gasteiger partial charge in [0.05, 0.1) is 0 Å². The van der Waals surface area contributed by atoms with Crippen LogP contribution in [0.5, 0.6) is 0 Å². The predicted octanol–water partition coefficient (Wildman–Crippen LogP) is 2.48. The zero-order chi connectivity index (χ0) is 16.9.